The van der Waals surface area contributed by atoms with Gasteiger partial charge >= 0.3 is 0 Å². The third kappa shape index (κ3) is 26.7. The van der Waals surface area contributed by atoms with E-state index >= 15 is 0 Å². The fourth-order valence-corrected chi connectivity index (χ4v) is 18.8. The zero-order valence-corrected chi connectivity index (χ0v) is 45.2. The van der Waals surface area contributed by atoms with Crippen LogP contribution in [0.4, 0.5) is 0 Å². The van der Waals surface area contributed by atoms with E-state index in [2.05, 4.69) is 200 Å². The topological polar surface area (TPSA) is 75.8 Å². The molecule has 2 radical (unpaired) electrons. The minimum absolute atomic E-state index is 0. The minimum Gasteiger partial charge on any atom is -0.670 e. The van der Waals surface area contributed by atoms with E-state index < -0.39 is 0 Å². The van der Waals surface area contributed by atoms with Gasteiger partial charge in [-0.3, -0.25) is 0 Å². The van der Waals surface area contributed by atoms with Gasteiger partial charge in [-0.1, -0.05) is 221 Å². The first-order valence-electron chi connectivity index (χ1n) is 17.4. The van der Waals surface area contributed by atoms with Crippen LogP contribution in [0.2, 0.25) is 0 Å². The van der Waals surface area contributed by atoms with Gasteiger partial charge in [0, 0.05) is 51.0 Å². The van der Waals surface area contributed by atoms with Crippen LogP contribution in [0.5, 0.6) is 0 Å². The standard InChI is InChI=1S/2C20H40NP2.2Ir.N2/c2*1-17(2,3)22(18(4,5)6)15-13-21-14-16-23(19(7,8)9)20(10,11)12;;;1-2/h2*13-16H,1-12H3;;;/q2*-1;;;/b2*15-13-,16-14-;;;. The maximum absolute atomic E-state index is 6.00. The Morgan fingerprint density at radius 1 is 0.280 bits per heavy atom. The summed E-state index contributed by atoms with van der Waals surface area (Å²) < 4.78 is 0. The van der Waals surface area contributed by atoms with Crippen LogP contribution >= 0.6 is 31.7 Å². The number of nitrogens with zero attached hydrogens (tertiary/aromatic N) is 4. The maximum Gasteiger partial charge on any atom is 0 e. The summed E-state index contributed by atoms with van der Waals surface area (Å²) in [6.07, 6.45) is 8.10. The summed E-state index contributed by atoms with van der Waals surface area (Å²) in [7, 11) is -0.891. The Morgan fingerprint density at radius 3 is 0.460 bits per heavy atom. The molecule has 0 aromatic rings. The van der Waals surface area contributed by atoms with Crippen molar-refractivity contribution in [2.24, 2.45) is 0 Å². The summed E-state index contributed by atoms with van der Waals surface area (Å²) in [6.45, 7) is 56.1. The zero-order valence-electron chi connectivity index (χ0n) is 36.9. The molecule has 0 bridgehead atoms. The van der Waals surface area contributed by atoms with Crippen LogP contribution in [0.25, 0.3) is 10.6 Å². The Kier molecular flexibility index (Phi) is 28.7. The second-order valence-corrected chi connectivity index (χ2v) is 35.2. The molecule has 0 aromatic carbocycles. The average Bonchev–Trinajstić information content (AvgIpc) is 2.77. The summed E-state index contributed by atoms with van der Waals surface area (Å²) in [5, 5.41) is 23.7. The summed E-state index contributed by atoms with van der Waals surface area (Å²) in [5.41, 5.74) is 0. The van der Waals surface area contributed by atoms with Gasteiger partial charge in [-0.15, -0.1) is 0 Å². The Morgan fingerprint density at radius 2 is 0.380 bits per heavy atom. The van der Waals surface area contributed by atoms with Crippen LogP contribution < -0.4 is 0 Å². The number of hydrogen-bond acceptors (Lipinski definition) is 2. The summed E-state index contributed by atoms with van der Waals surface area (Å²) in [4.78, 5) is 0. The SMILES string of the molecule is CC(C)(C)P(/C=C\[N-]/C=C\P(C(C)(C)C)C(C)(C)C)C(C)(C)C.CC(C)(C)P(/C=C\[N-]/C=C\P(C(C)(C)C)C(C)(C)C)C(C)(C)C.N#N.[Ir].[Ir]. The molecule has 0 aliphatic rings. The van der Waals surface area contributed by atoms with E-state index in [0.29, 0.717) is 41.2 Å². The maximum atomic E-state index is 6.00. The van der Waals surface area contributed by atoms with Crippen molar-refractivity contribution in [2.75, 3.05) is 0 Å². The van der Waals surface area contributed by atoms with Crippen LogP contribution in [-0.4, -0.2) is 41.2 Å². The van der Waals surface area contributed by atoms with E-state index in [1.54, 1.807) is 0 Å². The van der Waals surface area contributed by atoms with Crippen LogP contribution in [-0.2, 0) is 40.2 Å². The third-order valence-corrected chi connectivity index (χ3v) is 20.3. The molecule has 0 heterocycles. The summed E-state index contributed by atoms with van der Waals surface area (Å²) in [6, 6.07) is 0. The Balaban J connectivity index is -0.000000248. The molecule has 0 amide bonds. The third-order valence-electron chi connectivity index (χ3n) is 6.99. The molecule has 10 heteroatoms. The summed E-state index contributed by atoms with van der Waals surface area (Å²) >= 11 is 0. The Bertz CT molecular complexity index is 826. The van der Waals surface area contributed by atoms with Crippen molar-refractivity contribution in [3.8, 4) is 0 Å². The van der Waals surface area contributed by atoms with Gasteiger partial charge in [0.2, 0.25) is 0 Å². The molecule has 0 fully saturated rings. The van der Waals surface area contributed by atoms with E-state index in [1.807, 2.05) is 24.8 Å². The minimum atomic E-state index is -0.223. The second kappa shape index (κ2) is 23.8. The van der Waals surface area contributed by atoms with E-state index in [1.165, 1.54) is 0 Å². The Hall–Kier alpha value is 0.999. The van der Waals surface area contributed by atoms with E-state index in [9.17, 15) is 0 Å². The molecule has 0 aliphatic heterocycles. The van der Waals surface area contributed by atoms with Gasteiger partial charge in [0.15, 0.2) is 0 Å². The average molecular weight is 1130 g/mol. The quantitative estimate of drug-likeness (QED) is 0.179. The molecule has 0 spiro atoms. The molecule has 0 saturated heterocycles. The molecule has 0 atom stereocenters. The van der Waals surface area contributed by atoms with Crippen LogP contribution in [0, 0.1) is 10.8 Å². The van der Waals surface area contributed by atoms with Crippen molar-refractivity contribution in [1.82, 2.24) is 0 Å². The molecule has 0 rings (SSSR count). The molecular formula is C40H80Ir2N4P4-2. The fourth-order valence-electron chi connectivity index (χ4n) is 6.33. The Labute approximate surface area is 346 Å². The first kappa shape index (κ1) is 60.3. The van der Waals surface area contributed by atoms with Crippen molar-refractivity contribution in [3.05, 3.63) is 58.7 Å². The molecular weight excluding hydrogens is 1040 g/mol. The van der Waals surface area contributed by atoms with Gasteiger partial charge in [0.1, 0.15) is 0 Å². The van der Waals surface area contributed by atoms with Gasteiger partial charge in [-0.25, -0.2) is 0 Å². The molecule has 0 aromatic heterocycles. The van der Waals surface area contributed by atoms with E-state index in [0.717, 1.165) is 0 Å². The van der Waals surface area contributed by atoms with E-state index in [4.69, 9.17) is 10.8 Å². The smallest absolute Gasteiger partial charge is 0 e. The van der Waals surface area contributed by atoms with Crippen LogP contribution in [0.3, 0.4) is 0 Å². The largest absolute Gasteiger partial charge is 0.670 e. The predicted octanol–water partition coefficient (Wildman–Crippen LogP) is 16.9. The van der Waals surface area contributed by atoms with Gasteiger partial charge < -0.3 is 10.6 Å². The van der Waals surface area contributed by atoms with Crippen LogP contribution in [0.15, 0.2) is 48.1 Å². The molecule has 0 aliphatic carbocycles. The van der Waals surface area contributed by atoms with Crippen molar-refractivity contribution < 1.29 is 40.2 Å². The number of rotatable bonds is 8. The zero-order chi connectivity index (χ0) is 39.4. The predicted molar refractivity (Wildman–Crippen MR) is 232 cm³/mol. The van der Waals surface area contributed by atoms with Crippen molar-refractivity contribution >= 4 is 31.7 Å². The van der Waals surface area contributed by atoms with E-state index in [-0.39, 0.29) is 71.9 Å². The molecule has 0 N–H and O–H groups in total. The van der Waals surface area contributed by atoms with Gasteiger partial charge in [-0.05, 0) is 41.2 Å². The first-order chi connectivity index (χ1) is 20.9. The monoisotopic (exact) mass is 1130 g/mol. The van der Waals surface area contributed by atoms with Gasteiger partial charge in [0.25, 0.3) is 0 Å². The van der Waals surface area contributed by atoms with Crippen molar-refractivity contribution in [2.45, 2.75) is 207 Å². The fraction of sp³-hybridized carbons (Fsp3) is 0.800. The van der Waals surface area contributed by atoms with Crippen molar-refractivity contribution in [3.63, 3.8) is 0 Å². The van der Waals surface area contributed by atoms with Gasteiger partial charge in [0.05, 0.1) is 0 Å². The summed E-state index contributed by atoms with van der Waals surface area (Å²) in [5.74, 6) is 9.37. The van der Waals surface area contributed by atoms with Crippen molar-refractivity contribution in [1.29, 1.82) is 10.8 Å². The molecule has 0 saturated carbocycles. The molecule has 300 valence electrons. The van der Waals surface area contributed by atoms with Gasteiger partial charge in [-0.2, -0.15) is 24.8 Å². The molecule has 50 heavy (non-hydrogen) atoms. The second-order valence-electron chi connectivity index (χ2n) is 20.3. The molecule has 4 nitrogen and oxygen atoms in total. The normalized spacial score (nSPS) is 14.2. The molecule has 0 unspecified atom stereocenters. The first-order valence-corrected chi connectivity index (χ1v) is 23.0. The number of hydrogen-bond donors (Lipinski definition) is 0. The van der Waals surface area contributed by atoms with Crippen LogP contribution in [0.1, 0.15) is 166 Å².